The van der Waals surface area contributed by atoms with Gasteiger partial charge in [0.15, 0.2) is 5.96 Å². The number of rotatable bonds is 6. The molecule has 2 heterocycles. The van der Waals surface area contributed by atoms with Crippen LogP contribution in [0, 0.1) is 0 Å². The van der Waals surface area contributed by atoms with Crippen molar-refractivity contribution in [3.05, 3.63) is 59.8 Å². The molecule has 1 fully saturated rings. The van der Waals surface area contributed by atoms with Crippen LogP contribution in [0.5, 0.6) is 0 Å². The molecule has 0 radical (unpaired) electrons. The summed E-state index contributed by atoms with van der Waals surface area (Å²) >= 11 is 0. The number of pyridine rings is 1. The lowest BCUT2D eigenvalue weighted by Gasteiger charge is -2.33. The fourth-order valence-corrected chi connectivity index (χ4v) is 3.29. The van der Waals surface area contributed by atoms with Gasteiger partial charge in [-0.05, 0) is 44.2 Å². The van der Waals surface area contributed by atoms with Gasteiger partial charge in [0, 0.05) is 38.9 Å². The van der Waals surface area contributed by atoms with E-state index in [4.69, 9.17) is 4.99 Å². The summed E-state index contributed by atoms with van der Waals surface area (Å²) in [5.41, 5.74) is 2.42. The molecule has 29 heavy (non-hydrogen) atoms. The monoisotopic (exact) mass is 508 g/mol. The van der Waals surface area contributed by atoms with Crippen LogP contribution in [0.3, 0.4) is 0 Å². The van der Waals surface area contributed by atoms with Gasteiger partial charge in [0.05, 0.1) is 12.6 Å². The number of likely N-dealkylation sites (N-methyl/N-ethyl adjacent to an activating group) is 1. The second-order valence-electron chi connectivity index (χ2n) is 7.28. The molecule has 3 rings (SSSR count). The summed E-state index contributed by atoms with van der Waals surface area (Å²) in [6, 6.07) is 14.8. The number of benzene rings is 1. The van der Waals surface area contributed by atoms with Gasteiger partial charge >= 0.3 is 0 Å². The van der Waals surface area contributed by atoms with Gasteiger partial charge in [0.1, 0.15) is 5.82 Å². The third-order valence-electron chi connectivity index (χ3n) is 5.05. The molecule has 2 N–H and O–H groups in total. The first-order chi connectivity index (χ1) is 13.7. The molecule has 0 spiro atoms. The summed E-state index contributed by atoms with van der Waals surface area (Å²) in [7, 11) is 2.17. The van der Waals surface area contributed by atoms with E-state index >= 15 is 0 Å². The molecule has 0 amide bonds. The number of halogens is 1. The number of anilines is 1. The van der Waals surface area contributed by atoms with E-state index < -0.39 is 0 Å². The maximum Gasteiger partial charge on any atom is 0.192 e. The second kappa shape index (κ2) is 12.0. The van der Waals surface area contributed by atoms with Gasteiger partial charge in [0.2, 0.25) is 0 Å². The van der Waals surface area contributed by atoms with Crippen LogP contribution in [0.2, 0.25) is 0 Å². The minimum Gasteiger partial charge on any atom is -0.357 e. The van der Waals surface area contributed by atoms with E-state index in [1.165, 1.54) is 11.1 Å². The average molecular weight is 508 g/mol. The molecule has 2 aromatic rings. The molecule has 7 heteroatoms. The molecule has 1 aliphatic rings. The zero-order valence-electron chi connectivity index (χ0n) is 17.6. The molecule has 1 aromatic heterocycles. The number of aromatic nitrogens is 1. The van der Waals surface area contributed by atoms with Crippen LogP contribution in [0.25, 0.3) is 0 Å². The third-order valence-corrected chi connectivity index (χ3v) is 5.05. The van der Waals surface area contributed by atoms with Gasteiger partial charge < -0.3 is 20.4 Å². The number of nitrogens with one attached hydrogen (secondary N) is 2. The molecule has 0 bridgehead atoms. The zero-order chi connectivity index (χ0) is 19.8. The van der Waals surface area contributed by atoms with Gasteiger partial charge in [0.25, 0.3) is 0 Å². The number of piperazine rings is 1. The lowest BCUT2D eigenvalue weighted by atomic mass is 10.1. The fourth-order valence-electron chi connectivity index (χ4n) is 3.29. The average Bonchev–Trinajstić information content (AvgIpc) is 2.73. The predicted molar refractivity (Wildman–Crippen MR) is 132 cm³/mol. The lowest BCUT2D eigenvalue weighted by molar-refractivity contribution is 0.312. The highest BCUT2D eigenvalue weighted by Gasteiger charge is 2.15. The Kier molecular flexibility index (Phi) is 9.66. The van der Waals surface area contributed by atoms with Gasteiger partial charge in [-0.2, -0.15) is 0 Å². The molecule has 158 valence electrons. The highest BCUT2D eigenvalue weighted by atomic mass is 127. The first-order valence-corrected chi connectivity index (χ1v) is 10.1. The van der Waals surface area contributed by atoms with Crippen LogP contribution in [0.15, 0.2) is 53.7 Å². The molecule has 1 atom stereocenters. The molecule has 1 aromatic carbocycles. The molecule has 1 unspecified atom stereocenters. The highest BCUT2D eigenvalue weighted by molar-refractivity contribution is 14.0. The number of hydrogen-bond donors (Lipinski definition) is 2. The normalized spacial score (nSPS) is 16.1. The first kappa shape index (κ1) is 23.4. The van der Waals surface area contributed by atoms with Crippen molar-refractivity contribution in [3.63, 3.8) is 0 Å². The van der Waals surface area contributed by atoms with Gasteiger partial charge in [-0.1, -0.05) is 30.3 Å². The van der Waals surface area contributed by atoms with Crippen LogP contribution in [-0.2, 0) is 6.54 Å². The maximum absolute atomic E-state index is 4.79. The standard InChI is InChI=1S/C22H32N6.HI/c1-4-23-22(26-18(2)20-8-6-5-7-9-20)25-17-19-10-11-24-21(16-19)28-14-12-27(3)13-15-28;/h5-11,16,18H,4,12-15,17H2,1-3H3,(H2,23,25,26);1H. The van der Waals surface area contributed by atoms with Gasteiger partial charge in [-0.15, -0.1) is 24.0 Å². The number of nitrogens with zero attached hydrogens (tertiary/aromatic N) is 4. The minimum atomic E-state index is 0. The van der Waals surface area contributed by atoms with Gasteiger partial charge in [-0.3, -0.25) is 0 Å². The number of guanidine groups is 1. The van der Waals surface area contributed by atoms with Gasteiger partial charge in [-0.25, -0.2) is 9.98 Å². The summed E-state index contributed by atoms with van der Waals surface area (Å²) in [5, 5.41) is 6.84. The molecule has 6 nitrogen and oxygen atoms in total. The Hall–Kier alpha value is -1.87. The third kappa shape index (κ3) is 7.15. The zero-order valence-corrected chi connectivity index (χ0v) is 20.0. The van der Waals surface area contributed by atoms with E-state index in [0.29, 0.717) is 6.54 Å². The Morgan fingerprint density at radius 2 is 1.86 bits per heavy atom. The topological polar surface area (TPSA) is 55.8 Å². The van der Waals surface area contributed by atoms with E-state index in [1.54, 1.807) is 0 Å². The van der Waals surface area contributed by atoms with Crippen LogP contribution >= 0.6 is 24.0 Å². The maximum atomic E-state index is 4.79. The summed E-state index contributed by atoms with van der Waals surface area (Å²) in [5.74, 6) is 1.88. The SMILES string of the molecule is CCNC(=NCc1ccnc(N2CCN(C)CC2)c1)NC(C)c1ccccc1.I. The van der Waals surface area contributed by atoms with Crippen LogP contribution in [0.1, 0.15) is 31.0 Å². The van der Waals surface area contributed by atoms with Crippen molar-refractivity contribution in [1.82, 2.24) is 20.5 Å². The van der Waals surface area contributed by atoms with E-state index in [1.807, 2.05) is 18.3 Å². The van der Waals surface area contributed by atoms with Crippen molar-refractivity contribution in [2.75, 3.05) is 44.7 Å². The van der Waals surface area contributed by atoms with E-state index in [2.05, 4.69) is 76.6 Å². The molecule has 1 saturated heterocycles. The minimum absolute atomic E-state index is 0. The highest BCUT2D eigenvalue weighted by Crippen LogP contribution is 2.16. The largest absolute Gasteiger partial charge is 0.357 e. The van der Waals surface area contributed by atoms with Crippen LogP contribution < -0.4 is 15.5 Å². The fraction of sp³-hybridized carbons (Fsp3) is 0.455. The van der Waals surface area contributed by atoms with Crippen molar-refractivity contribution >= 4 is 35.8 Å². The Bertz CT molecular complexity index is 759. The molecular weight excluding hydrogens is 475 g/mol. The quantitative estimate of drug-likeness (QED) is 0.357. The molecule has 0 saturated carbocycles. The summed E-state index contributed by atoms with van der Waals surface area (Å²) < 4.78 is 0. The molecular formula is C22H33IN6. The van der Waals surface area contributed by atoms with Crippen LogP contribution in [0.4, 0.5) is 5.82 Å². The van der Waals surface area contributed by atoms with Crippen molar-refractivity contribution in [3.8, 4) is 0 Å². The number of hydrogen-bond acceptors (Lipinski definition) is 4. The smallest absolute Gasteiger partial charge is 0.192 e. The van der Waals surface area contributed by atoms with Crippen LogP contribution in [-0.4, -0.2) is 55.6 Å². The Morgan fingerprint density at radius 1 is 1.14 bits per heavy atom. The van der Waals surface area contributed by atoms with Crippen molar-refractivity contribution in [2.45, 2.75) is 26.4 Å². The Labute approximate surface area is 191 Å². The Balaban J connectivity index is 0.00000300. The summed E-state index contributed by atoms with van der Waals surface area (Å²) in [6.07, 6.45) is 1.89. The lowest BCUT2D eigenvalue weighted by Crippen LogP contribution is -2.44. The number of aliphatic imine (C=N–C) groups is 1. The first-order valence-electron chi connectivity index (χ1n) is 10.1. The van der Waals surface area contributed by atoms with Crippen molar-refractivity contribution in [2.24, 2.45) is 4.99 Å². The predicted octanol–water partition coefficient (Wildman–Crippen LogP) is 3.27. The second-order valence-corrected chi connectivity index (χ2v) is 7.28. The van der Waals surface area contributed by atoms with E-state index in [0.717, 1.165) is 44.5 Å². The molecule has 0 aliphatic carbocycles. The summed E-state index contributed by atoms with van der Waals surface area (Å²) in [6.45, 7) is 9.90. The molecule has 1 aliphatic heterocycles. The van der Waals surface area contributed by atoms with Crippen molar-refractivity contribution < 1.29 is 0 Å². The Morgan fingerprint density at radius 3 is 2.55 bits per heavy atom. The van der Waals surface area contributed by atoms with E-state index in [-0.39, 0.29) is 30.0 Å². The summed E-state index contributed by atoms with van der Waals surface area (Å²) in [4.78, 5) is 14.1. The van der Waals surface area contributed by atoms with E-state index in [9.17, 15) is 0 Å². The van der Waals surface area contributed by atoms with Crippen molar-refractivity contribution in [1.29, 1.82) is 0 Å².